The lowest BCUT2D eigenvalue weighted by molar-refractivity contribution is 0.0274. The molecule has 2 N–H and O–H groups in total. The minimum Gasteiger partial charge on any atom is -0.449 e. The van der Waals surface area contributed by atoms with Crippen molar-refractivity contribution in [1.29, 1.82) is 0 Å². The van der Waals surface area contributed by atoms with Gasteiger partial charge >= 0.3 is 5.97 Å². The normalized spacial score (nSPS) is 12.6. The summed E-state index contributed by atoms with van der Waals surface area (Å²) in [5, 5.41) is 12.5. The number of carbonyl (C=O) groups excluding carboxylic acids is 1. The van der Waals surface area contributed by atoms with Gasteiger partial charge in [-0.1, -0.05) is 0 Å². The Kier molecular flexibility index (Phi) is 5.21. The molecule has 146 valence electrons. The van der Waals surface area contributed by atoms with Crippen LogP contribution in [0.3, 0.4) is 0 Å². The zero-order valence-electron chi connectivity index (χ0n) is 14.3. The van der Waals surface area contributed by atoms with E-state index >= 15 is 0 Å². The van der Waals surface area contributed by atoms with Crippen LogP contribution in [0.4, 0.5) is 8.78 Å². The van der Waals surface area contributed by atoms with E-state index in [0.29, 0.717) is 5.56 Å². The first-order chi connectivity index (χ1) is 13.1. The molecule has 0 fully saturated rings. The molecule has 0 amide bonds. The summed E-state index contributed by atoms with van der Waals surface area (Å²) in [7, 11) is -4.13. The molecule has 1 atom stereocenters. The molecule has 0 aliphatic heterocycles. The zero-order chi connectivity index (χ0) is 20.5. The van der Waals surface area contributed by atoms with Crippen LogP contribution in [0.2, 0.25) is 0 Å². The van der Waals surface area contributed by atoms with Crippen LogP contribution >= 0.6 is 0 Å². The van der Waals surface area contributed by atoms with Crippen molar-refractivity contribution in [1.82, 2.24) is 10.2 Å². The lowest BCUT2D eigenvalue weighted by atomic mass is 10.2. The number of halogens is 2. The summed E-state index contributed by atoms with van der Waals surface area (Å²) < 4.78 is 60.1. The van der Waals surface area contributed by atoms with Gasteiger partial charge in [-0.2, -0.15) is 0 Å². The van der Waals surface area contributed by atoms with E-state index in [0.717, 1.165) is 18.2 Å². The lowest BCUT2D eigenvalue weighted by Crippen LogP contribution is -2.15. The summed E-state index contributed by atoms with van der Waals surface area (Å²) >= 11 is 0. The monoisotopic (exact) mass is 409 g/mol. The molecule has 1 heterocycles. The van der Waals surface area contributed by atoms with E-state index < -0.39 is 44.2 Å². The predicted octanol–water partition coefficient (Wildman–Crippen LogP) is 2.58. The van der Waals surface area contributed by atoms with Gasteiger partial charge in [0.1, 0.15) is 11.6 Å². The van der Waals surface area contributed by atoms with Crippen molar-refractivity contribution in [3.8, 4) is 11.5 Å². The summed E-state index contributed by atoms with van der Waals surface area (Å²) in [5.74, 6) is -2.58. The van der Waals surface area contributed by atoms with Gasteiger partial charge in [-0.15, -0.1) is 10.2 Å². The van der Waals surface area contributed by atoms with Crippen molar-refractivity contribution in [3.63, 3.8) is 0 Å². The average molecular weight is 409 g/mol. The van der Waals surface area contributed by atoms with Crippen LogP contribution in [0.5, 0.6) is 0 Å². The van der Waals surface area contributed by atoms with Crippen LogP contribution in [0, 0.1) is 11.6 Å². The van der Waals surface area contributed by atoms with E-state index in [1.165, 1.54) is 31.2 Å². The van der Waals surface area contributed by atoms with E-state index in [-0.39, 0.29) is 11.8 Å². The summed E-state index contributed by atoms with van der Waals surface area (Å²) in [6.07, 6.45) is -1.06. The van der Waals surface area contributed by atoms with Gasteiger partial charge in [0.15, 0.2) is 6.10 Å². The molecule has 0 bridgehead atoms. The minimum atomic E-state index is -4.13. The largest absolute Gasteiger partial charge is 0.449 e. The Morgan fingerprint density at radius 3 is 2.46 bits per heavy atom. The lowest BCUT2D eigenvalue weighted by Gasteiger charge is -2.10. The number of aromatic nitrogens is 2. The maximum Gasteiger partial charge on any atom is 0.341 e. The van der Waals surface area contributed by atoms with E-state index in [2.05, 4.69) is 10.2 Å². The molecule has 11 heteroatoms. The molecule has 0 aliphatic carbocycles. The number of esters is 1. The molecular formula is C17H13F2N3O5S. The van der Waals surface area contributed by atoms with Crippen LogP contribution in [-0.2, 0) is 14.8 Å². The molecule has 0 saturated carbocycles. The molecule has 2 aromatic carbocycles. The third-order valence-corrected chi connectivity index (χ3v) is 4.56. The maximum absolute atomic E-state index is 13.9. The number of hydrogen-bond donors (Lipinski definition) is 1. The minimum absolute atomic E-state index is 0.0697. The highest BCUT2D eigenvalue weighted by molar-refractivity contribution is 7.89. The van der Waals surface area contributed by atoms with Gasteiger partial charge in [0.25, 0.3) is 5.89 Å². The van der Waals surface area contributed by atoms with Crippen molar-refractivity contribution in [2.75, 3.05) is 0 Å². The number of ether oxygens (including phenoxy) is 1. The first-order valence-corrected chi connectivity index (χ1v) is 9.32. The Morgan fingerprint density at radius 2 is 1.82 bits per heavy atom. The van der Waals surface area contributed by atoms with Gasteiger partial charge in [0.2, 0.25) is 15.9 Å². The van der Waals surface area contributed by atoms with Crippen LogP contribution in [-0.4, -0.2) is 24.6 Å². The smallest absolute Gasteiger partial charge is 0.341 e. The van der Waals surface area contributed by atoms with Gasteiger partial charge in [0.05, 0.1) is 10.5 Å². The number of benzene rings is 2. The van der Waals surface area contributed by atoms with Crippen LogP contribution in [0.15, 0.2) is 51.8 Å². The second-order valence-corrected chi connectivity index (χ2v) is 7.25. The third kappa shape index (κ3) is 4.21. The van der Waals surface area contributed by atoms with E-state index in [9.17, 15) is 22.0 Å². The first kappa shape index (κ1) is 19.6. The van der Waals surface area contributed by atoms with Crippen molar-refractivity contribution < 1.29 is 31.1 Å². The van der Waals surface area contributed by atoms with E-state index in [1.54, 1.807) is 0 Å². The number of hydrogen-bond acceptors (Lipinski definition) is 7. The highest BCUT2D eigenvalue weighted by Gasteiger charge is 2.23. The molecule has 3 rings (SSSR count). The second kappa shape index (κ2) is 7.44. The number of primary sulfonamides is 1. The highest BCUT2D eigenvalue weighted by Crippen LogP contribution is 2.24. The molecule has 0 radical (unpaired) electrons. The quantitative estimate of drug-likeness (QED) is 0.642. The standard InChI is InChI=1S/C17H13F2N3O5S/c1-9(15-21-22-16(27-15)10-2-4-11(18)5-3-10)26-17(23)13-8-12(28(20,24)25)6-7-14(13)19/h2-9H,1H3,(H2,20,24,25)/t9-/m0/s1. The SMILES string of the molecule is C[C@H](OC(=O)c1cc(S(N)(=O)=O)ccc1F)c1nnc(-c2ccc(F)cc2)o1. The zero-order valence-corrected chi connectivity index (χ0v) is 15.1. The number of sulfonamides is 1. The Hall–Kier alpha value is -3.18. The van der Waals surface area contributed by atoms with Crippen LogP contribution < -0.4 is 5.14 Å². The van der Waals surface area contributed by atoms with Crippen molar-refractivity contribution in [2.45, 2.75) is 17.9 Å². The molecule has 0 aliphatic rings. The number of nitrogens with zero attached hydrogens (tertiary/aromatic N) is 2. The third-order valence-electron chi connectivity index (χ3n) is 3.65. The Bertz CT molecular complexity index is 1130. The molecule has 3 aromatic rings. The Morgan fingerprint density at radius 1 is 1.14 bits per heavy atom. The second-order valence-electron chi connectivity index (χ2n) is 5.69. The van der Waals surface area contributed by atoms with Crippen LogP contribution in [0.25, 0.3) is 11.5 Å². The highest BCUT2D eigenvalue weighted by atomic mass is 32.2. The molecule has 28 heavy (non-hydrogen) atoms. The summed E-state index contributed by atoms with van der Waals surface area (Å²) in [5.41, 5.74) is -0.165. The molecule has 0 spiro atoms. The van der Waals surface area contributed by atoms with Crippen molar-refractivity contribution >= 4 is 16.0 Å². The molecule has 0 saturated heterocycles. The summed E-state index contributed by atoms with van der Waals surface area (Å²) in [6.45, 7) is 1.40. The summed E-state index contributed by atoms with van der Waals surface area (Å²) in [4.78, 5) is 11.8. The number of nitrogens with two attached hydrogens (primary N) is 1. The fourth-order valence-corrected chi connectivity index (χ4v) is 2.76. The molecule has 8 nitrogen and oxygen atoms in total. The number of rotatable bonds is 5. The summed E-state index contributed by atoms with van der Waals surface area (Å²) in [6, 6.07) is 7.78. The van der Waals surface area contributed by atoms with Crippen molar-refractivity contribution in [2.24, 2.45) is 5.14 Å². The molecular weight excluding hydrogens is 396 g/mol. The van der Waals surface area contributed by atoms with Gasteiger partial charge in [0, 0.05) is 5.56 Å². The number of carbonyl (C=O) groups is 1. The van der Waals surface area contributed by atoms with Gasteiger partial charge in [-0.3, -0.25) is 0 Å². The van der Waals surface area contributed by atoms with Crippen LogP contribution in [0.1, 0.15) is 29.3 Å². The topological polar surface area (TPSA) is 125 Å². The van der Waals surface area contributed by atoms with Gasteiger partial charge in [-0.25, -0.2) is 27.1 Å². The fourth-order valence-electron chi connectivity index (χ4n) is 2.22. The van der Waals surface area contributed by atoms with E-state index in [1.807, 2.05) is 0 Å². The average Bonchev–Trinajstić information content (AvgIpc) is 3.12. The first-order valence-electron chi connectivity index (χ1n) is 7.78. The molecule has 1 aromatic heterocycles. The van der Waals surface area contributed by atoms with Crippen molar-refractivity contribution in [3.05, 3.63) is 65.6 Å². The molecule has 0 unspecified atom stereocenters. The predicted molar refractivity (Wildman–Crippen MR) is 91.3 cm³/mol. The van der Waals surface area contributed by atoms with Gasteiger partial charge in [-0.05, 0) is 49.4 Å². The fraction of sp³-hybridized carbons (Fsp3) is 0.118. The maximum atomic E-state index is 13.9. The van der Waals surface area contributed by atoms with E-state index in [4.69, 9.17) is 14.3 Å². The Labute approximate surface area is 158 Å². The van der Waals surface area contributed by atoms with Gasteiger partial charge < -0.3 is 9.15 Å². The Balaban J connectivity index is 1.79.